The van der Waals surface area contributed by atoms with Crippen molar-refractivity contribution in [3.8, 4) is 17.1 Å². The molecule has 0 radical (unpaired) electrons. The molecule has 0 amide bonds. The van der Waals surface area contributed by atoms with E-state index in [4.69, 9.17) is 0 Å². The highest BCUT2D eigenvalue weighted by atomic mass is 19.1. The van der Waals surface area contributed by atoms with Crippen molar-refractivity contribution in [2.24, 2.45) is 0 Å². The predicted molar refractivity (Wildman–Crippen MR) is 61.4 cm³/mol. The molecular formula is C11H9FN6. The fourth-order valence-electron chi connectivity index (χ4n) is 1.69. The van der Waals surface area contributed by atoms with Crippen LogP contribution in [0.4, 0.5) is 4.39 Å². The van der Waals surface area contributed by atoms with Crippen molar-refractivity contribution in [2.45, 2.75) is 6.92 Å². The second kappa shape index (κ2) is 4.02. The summed E-state index contributed by atoms with van der Waals surface area (Å²) in [5.74, 6) is 0.265. The largest absolute Gasteiger partial charge is 0.282 e. The second-order valence-electron chi connectivity index (χ2n) is 3.80. The normalized spacial score (nSPS) is 10.8. The van der Waals surface area contributed by atoms with Crippen molar-refractivity contribution in [3.05, 3.63) is 42.0 Å². The smallest absolute Gasteiger partial charge is 0.190 e. The molecule has 18 heavy (non-hydrogen) atoms. The summed E-state index contributed by atoms with van der Waals surface area (Å²) in [6.07, 6.45) is 1.65. The molecule has 1 aromatic carbocycles. The van der Waals surface area contributed by atoms with E-state index < -0.39 is 0 Å². The predicted octanol–water partition coefficient (Wildman–Crippen LogP) is 1.50. The zero-order valence-electron chi connectivity index (χ0n) is 9.50. The minimum atomic E-state index is -0.298. The molecule has 6 nitrogen and oxygen atoms in total. The van der Waals surface area contributed by atoms with Gasteiger partial charge >= 0.3 is 0 Å². The van der Waals surface area contributed by atoms with E-state index in [0.29, 0.717) is 11.5 Å². The first-order chi connectivity index (χ1) is 8.75. The average molecular weight is 244 g/mol. The van der Waals surface area contributed by atoms with Crippen LogP contribution in [0.5, 0.6) is 0 Å². The summed E-state index contributed by atoms with van der Waals surface area (Å²) < 4.78 is 14.4. The van der Waals surface area contributed by atoms with Gasteiger partial charge in [0.25, 0.3) is 0 Å². The lowest BCUT2D eigenvalue weighted by Gasteiger charge is -2.03. The lowest BCUT2D eigenvalue weighted by molar-refractivity contribution is 0.627. The lowest BCUT2D eigenvalue weighted by Crippen LogP contribution is -2.00. The number of hydrogen-bond donors (Lipinski definition) is 1. The maximum atomic E-state index is 12.9. The van der Waals surface area contributed by atoms with Gasteiger partial charge in [-0.3, -0.25) is 5.10 Å². The molecule has 2 aromatic heterocycles. The molecule has 7 heteroatoms. The molecule has 3 rings (SSSR count). The highest BCUT2D eigenvalue weighted by molar-refractivity contribution is 5.58. The summed E-state index contributed by atoms with van der Waals surface area (Å²) >= 11 is 0. The van der Waals surface area contributed by atoms with Gasteiger partial charge in [-0.1, -0.05) is 0 Å². The summed E-state index contributed by atoms with van der Waals surface area (Å²) in [4.78, 5) is 0. The lowest BCUT2D eigenvalue weighted by atomic mass is 10.2. The Balaban J connectivity index is 2.12. The number of nitrogens with one attached hydrogen (secondary N) is 1. The van der Waals surface area contributed by atoms with Gasteiger partial charge in [0.05, 0.1) is 17.4 Å². The number of halogens is 1. The van der Waals surface area contributed by atoms with Crippen LogP contribution in [0, 0.1) is 12.7 Å². The quantitative estimate of drug-likeness (QED) is 0.741. The van der Waals surface area contributed by atoms with Crippen LogP contribution in [0.1, 0.15) is 5.69 Å². The number of tetrazole rings is 1. The molecule has 0 saturated heterocycles. The van der Waals surface area contributed by atoms with Gasteiger partial charge in [0.15, 0.2) is 5.82 Å². The molecule has 2 heterocycles. The molecule has 0 spiro atoms. The van der Waals surface area contributed by atoms with E-state index in [-0.39, 0.29) is 5.82 Å². The van der Waals surface area contributed by atoms with Crippen LogP contribution >= 0.6 is 0 Å². The molecule has 0 saturated carbocycles. The van der Waals surface area contributed by atoms with Crippen LogP contribution in [0.3, 0.4) is 0 Å². The number of hydrogen-bond acceptors (Lipinski definition) is 4. The highest BCUT2D eigenvalue weighted by Crippen LogP contribution is 2.20. The number of rotatable bonds is 2. The van der Waals surface area contributed by atoms with E-state index in [9.17, 15) is 4.39 Å². The van der Waals surface area contributed by atoms with Crippen molar-refractivity contribution >= 4 is 0 Å². The van der Waals surface area contributed by atoms with Crippen LogP contribution < -0.4 is 0 Å². The van der Waals surface area contributed by atoms with Gasteiger partial charge in [0.2, 0.25) is 0 Å². The molecule has 0 aliphatic rings. The Labute approximate surface area is 101 Å². The summed E-state index contributed by atoms with van der Waals surface area (Å²) in [6, 6.07) is 5.96. The second-order valence-corrected chi connectivity index (χ2v) is 3.80. The third kappa shape index (κ3) is 1.65. The number of aromatic nitrogens is 6. The molecule has 0 unspecified atom stereocenters. The van der Waals surface area contributed by atoms with Crippen LogP contribution in [-0.4, -0.2) is 30.4 Å². The fourth-order valence-corrected chi connectivity index (χ4v) is 1.69. The minimum absolute atomic E-state index is 0.298. The van der Waals surface area contributed by atoms with Crippen LogP contribution in [0.2, 0.25) is 0 Å². The van der Waals surface area contributed by atoms with Gasteiger partial charge in [-0.25, -0.2) is 4.39 Å². The first kappa shape index (κ1) is 10.6. The Hall–Kier alpha value is -2.57. The highest BCUT2D eigenvalue weighted by Gasteiger charge is 2.14. The molecule has 0 fully saturated rings. The summed E-state index contributed by atoms with van der Waals surface area (Å²) in [5, 5.41) is 18.3. The van der Waals surface area contributed by atoms with Crippen molar-refractivity contribution in [2.75, 3.05) is 0 Å². The Morgan fingerprint density at radius 3 is 2.67 bits per heavy atom. The van der Waals surface area contributed by atoms with Gasteiger partial charge in [-0.2, -0.15) is 9.78 Å². The molecule has 0 atom stereocenters. The minimum Gasteiger partial charge on any atom is -0.282 e. The molecule has 1 N–H and O–H groups in total. The molecular weight excluding hydrogens is 235 g/mol. The number of aromatic amines is 1. The molecule has 0 aliphatic heterocycles. The Morgan fingerprint density at radius 2 is 2.00 bits per heavy atom. The summed E-state index contributed by atoms with van der Waals surface area (Å²) in [6.45, 7) is 1.88. The molecule has 0 bridgehead atoms. The third-order valence-corrected chi connectivity index (χ3v) is 2.61. The first-order valence-corrected chi connectivity index (χ1v) is 5.30. The number of benzene rings is 1. The van der Waals surface area contributed by atoms with Crippen LogP contribution in [-0.2, 0) is 0 Å². The standard InChI is InChI=1S/C11H9FN6/c1-7-10(6-13-14-7)11-15-16-17-18(11)9-4-2-8(12)3-5-9/h2-6H,1H3,(H,13,14). The fraction of sp³-hybridized carbons (Fsp3) is 0.0909. The molecule has 0 aliphatic carbocycles. The van der Waals surface area contributed by atoms with E-state index in [2.05, 4.69) is 25.7 Å². The Morgan fingerprint density at radius 1 is 1.22 bits per heavy atom. The van der Waals surface area contributed by atoms with Gasteiger partial charge in [0, 0.05) is 5.69 Å². The van der Waals surface area contributed by atoms with Gasteiger partial charge < -0.3 is 0 Å². The van der Waals surface area contributed by atoms with Crippen LogP contribution in [0.15, 0.2) is 30.5 Å². The van der Waals surface area contributed by atoms with E-state index in [1.165, 1.54) is 16.8 Å². The summed E-state index contributed by atoms with van der Waals surface area (Å²) in [7, 11) is 0. The van der Waals surface area contributed by atoms with Crippen molar-refractivity contribution in [1.29, 1.82) is 0 Å². The van der Waals surface area contributed by atoms with Gasteiger partial charge in [-0.15, -0.1) is 5.10 Å². The van der Waals surface area contributed by atoms with Crippen molar-refractivity contribution in [1.82, 2.24) is 30.4 Å². The Bertz CT molecular complexity index is 669. The van der Waals surface area contributed by atoms with Crippen molar-refractivity contribution < 1.29 is 4.39 Å². The van der Waals surface area contributed by atoms with Crippen LogP contribution in [0.25, 0.3) is 17.1 Å². The number of H-pyrrole nitrogens is 1. The number of nitrogens with zero attached hydrogens (tertiary/aromatic N) is 5. The molecule has 3 aromatic rings. The van der Waals surface area contributed by atoms with E-state index in [0.717, 1.165) is 11.3 Å². The van der Waals surface area contributed by atoms with Gasteiger partial charge in [-0.05, 0) is 41.6 Å². The van der Waals surface area contributed by atoms with E-state index >= 15 is 0 Å². The zero-order valence-corrected chi connectivity index (χ0v) is 9.50. The third-order valence-electron chi connectivity index (χ3n) is 2.61. The monoisotopic (exact) mass is 244 g/mol. The average Bonchev–Trinajstić information content (AvgIpc) is 2.98. The van der Waals surface area contributed by atoms with E-state index in [1.54, 1.807) is 18.3 Å². The SMILES string of the molecule is Cc1[nH]ncc1-c1nnnn1-c1ccc(F)cc1. The maximum absolute atomic E-state index is 12.9. The Kier molecular flexibility index (Phi) is 2.36. The number of aryl methyl sites for hydroxylation is 1. The first-order valence-electron chi connectivity index (χ1n) is 5.30. The maximum Gasteiger partial charge on any atom is 0.190 e. The van der Waals surface area contributed by atoms with Gasteiger partial charge in [0.1, 0.15) is 5.82 Å². The van der Waals surface area contributed by atoms with E-state index in [1.807, 2.05) is 6.92 Å². The zero-order chi connectivity index (χ0) is 12.5. The topological polar surface area (TPSA) is 72.3 Å². The summed E-state index contributed by atoms with van der Waals surface area (Å²) in [5.41, 5.74) is 2.37. The molecule has 90 valence electrons. The van der Waals surface area contributed by atoms with Crippen molar-refractivity contribution in [3.63, 3.8) is 0 Å².